The van der Waals surface area contributed by atoms with Crippen LogP contribution in [0.1, 0.15) is 26.7 Å². The number of thioether (sulfide) groups is 1. The van der Waals surface area contributed by atoms with Gasteiger partial charge in [-0.15, -0.1) is 0 Å². The zero-order valence-corrected chi connectivity index (χ0v) is 10.5. The molecule has 1 amide bonds. The summed E-state index contributed by atoms with van der Waals surface area (Å²) in [6, 6.07) is 0.0304. The molecule has 1 fully saturated rings. The Labute approximate surface area is 96.8 Å². The third-order valence-electron chi connectivity index (χ3n) is 2.50. The highest BCUT2D eigenvalue weighted by molar-refractivity contribution is 7.99. The topological polar surface area (TPSA) is 41.1 Å². The van der Waals surface area contributed by atoms with Crippen molar-refractivity contribution in [2.45, 2.75) is 32.7 Å². The van der Waals surface area contributed by atoms with Gasteiger partial charge in [-0.1, -0.05) is 13.8 Å². The molecule has 15 heavy (non-hydrogen) atoms. The van der Waals surface area contributed by atoms with E-state index in [1.54, 1.807) is 0 Å². The molecule has 2 N–H and O–H groups in total. The molecular formula is C11H22N2OS. The quantitative estimate of drug-likeness (QED) is 0.698. The van der Waals surface area contributed by atoms with Crippen molar-refractivity contribution in [1.82, 2.24) is 10.6 Å². The van der Waals surface area contributed by atoms with Gasteiger partial charge in [0.1, 0.15) is 0 Å². The minimum absolute atomic E-state index is 0.0304. The summed E-state index contributed by atoms with van der Waals surface area (Å²) in [5, 5.41) is 6.23. The van der Waals surface area contributed by atoms with E-state index >= 15 is 0 Å². The van der Waals surface area contributed by atoms with E-state index in [1.807, 2.05) is 11.8 Å². The van der Waals surface area contributed by atoms with Gasteiger partial charge >= 0.3 is 0 Å². The molecule has 1 rings (SSSR count). The third kappa shape index (κ3) is 5.42. The lowest BCUT2D eigenvalue weighted by Gasteiger charge is -2.22. The van der Waals surface area contributed by atoms with E-state index in [4.69, 9.17) is 0 Å². The highest BCUT2D eigenvalue weighted by atomic mass is 32.2. The van der Waals surface area contributed by atoms with E-state index in [1.165, 1.54) is 6.42 Å². The molecule has 0 aliphatic carbocycles. The molecule has 0 aromatic heterocycles. The minimum atomic E-state index is 0.0304. The largest absolute Gasteiger partial charge is 0.355 e. The summed E-state index contributed by atoms with van der Waals surface area (Å²) in [4.78, 5) is 11.7. The molecule has 0 spiro atoms. The van der Waals surface area contributed by atoms with Gasteiger partial charge in [0.25, 0.3) is 0 Å². The van der Waals surface area contributed by atoms with E-state index in [9.17, 15) is 4.79 Å². The Hall–Kier alpha value is -0.220. The molecule has 1 aliphatic heterocycles. The molecule has 0 aromatic carbocycles. The van der Waals surface area contributed by atoms with Crippen molar-refractivity contribution in [3.8, 4) is 0 Å². The lowest BCUT2D eigenvalue weighted by molar-refractivity contribution is -0.122. The molecule has 1 saturated heterocycles. The van der Waals surface area contributed by atoms with Crippen molar-refractivity contribution in [3.05, 3.63) is 0 Å². The number of hydrogen-bond acceptors (Lipinski definition) is 3. The van der Waals surface area contributed by atoms with Crippen LogP contribution in [0, 0.1) is 5.92 Å². The second-order valence-electron chi connectivity index (χ2n) is 4.41. The Bertz CT molecular complexity index is 191. The molecule has 1 unspecified atom stereocenters. The molecule has 88 valence electrons. The maximum atomic E-state index is 11.7. The van der Waals surface area contributed by atoms with Gasteiger partial charge in [0.05, 0.1) is 6.04 Å². The lowest BCUT2D eigenvalue weighted by atomic mass is 10.1. The molecule has 0 radical (unpaired) electrons. The van der Waals surface area contributed by atoms with Crippen molar-refractivity contribution in [2.75, 3.05) is 24.6 Å². The fourth-order valence-electron chi connectivity index (χ4n) is 1.58. The summed E-state index contributed by atoms with van der Waals surface area (Å²) < 4.78 is 0. The van der Waals surface area contributed by atoms with E-state index in [0.717, 1.165) is 36.9 Å². The average molecular weight is 230 g/mol. The van der Waals surface area contributed by atoms with Gasteiger partial charge in [-0.25, -0.2) is 0 Å². The molecule has 3 nitrogen and oxygen atoms in total. The van der Waals surface area contributed by atoms with Gasteiger partial charge < -0.3 is 10.6 Å². The molecule has 1 heterocycles. The standard InChI is InChI=1S/C11H22N2OS/c1-9(2)4-3-5-13-11(14)10-8-15-7-6-12-10/h9-10,12H,3-8H2,1-2H3,(H,13,14). The van der Waals surface area contributed by atoms with Crippen LogP contribution in [0.2, 0.25) is 0 Å². The lowest BCUT2D eigenvalue weighted by Crippen LogP contribution is -2.49. The summed E-state index contributed by atoms with van der Waals surface area (Å²) in [6.07, 6.45) is 2.27. The summed E-state index contributed by atoms with van der Waals surface area (Å²) in [7, 11) is 0. The third-order valence-corrected chi connectivity index (χ3v) is 3.56. The summed E-state index contributed by atoms with van der Waals surface area (Å²) >= 11 is 1.85. The predicted octanol–water partition coefficient (Wildman–Crippen LogP) is 1.24. The van der Waals surface area contributed by atoms with Crippen molar-refractivity contribution in [3.63, 3.8) is 0 Å². The maximum absolute atomic E-state index is 11.7. The van der Waals surface area contributed by atoms with Crippen LogP contribution in [0.4, 0.5) is 0 Å². The number of rotatable bonds is 5. The Morgan fingerprint density at radius 2 is 2.40 bits per heavy atom. The molecule has 0 bridgehead atoms. The summed E-state index contributed by atoms with van der Waals surface area (Å²) in [6.45, 7) is 6.19. The monoisotopic (exact) mass is 230 g/mol. The van der Waals surface area contributed by atoms with Crippen LogP contribution in [-0.4, -0.2) is 36.5 Å². The number of carbonyl (C=O) groups excluding carboxylic acids is 1. The second kappa shape index (κ2) is 7.12. The van der Waals surface area contributed by atoms with E-state index in [0.29, 0.717) is 0 Å². The minimum Gasteiger partial charge on any atom is -0.355 e. The second-order valence-corrected chi connectivity index (χ2v) is 5.56. The van der Waals surface area contributed by atoms with Crippen LogP contribution in [-0.2, 0) is 4.79 Å². The summed E-state index contributed by atoms with van der Waals surface area (Å²) in [5.41, 5.74) is 0. The number of carbonyl (C=O) groups is 1. The van der Waals surface area contributed by atoms with Gasteiger partial charge in [-0.05, 0) is 18.8 Å². The van der Waals surface area contributed by atoms with Crippen LogP contribution in [0.3, 0.4) is 0 Å². The zero-order chi connectivity index (χ0) is 11.1. The van der Waals surface area contributed by atoms with Gasteiger partial charge in [0.15, 0.2) is 0 Å². The van der Waals surface area contributed by atoms with Gasteiger partial charge in [0, 0.05) is 24.6 Å². The highest BCUT2D eigenvalue weighted by Crippen LogP contribution is 2.07. The van der Waals surface area contributed by atoms with Crippen LogP contribution < -0.4 is 10.6 Å². The van der Waals surface area contributed by atoms with Crippen LogP contribution in [0.15, 0.2) is 0 Å². The molecule has 1 aliphatic rings. The van der Waals surface area contributed by atoms with Crippen LogP contribution >= 0.6 is 11.8 Å². The van der Waals surface area contributed by atoms with E-state index < -0.39 is 0 Å². The highest BCUT2D eigenvalue weighted by Gasteiger charge is 2.19. The average Bonchev–Trinajstić information content (AvgIpc) is 2.25. The van der Waals surface area contributed by atoms with Crippen molar-refractivity contribution in [2.24, 2.45) is 5.92 Å². The fraction of sp³-hybridized carbons (Fsp3) is 0.909. The number of nitrogens with one attached hydrogen (secondary N) is 2. The first-order valence-corrected chi connectivity index (χ1v) is 6.94. The predicted molar refractivity (Wildman–Crippen MR) is 66.2 cm³/mol. The first-order valence-electron chi connectivity index (χ1n) is 5.79. The molecule has 0 aromatic rings. The number of amides is 1. The molecule has 4 heteroatoms. The number of hydrogen-bond donors (Lipinski definition) is 2. The van der Waals surface area contributed by atoms with Gasteiger partial charge in [0.2, 0.25) is 5.91 Å². The normalized spacial score (nSPS) is 21.7. The Kier molecular flexibility index (Phi) is 6.10. The SMILES string of the molecule is CC(C)CCCNC(=O)C1CSCCN1. The fourth-order valence-corrected chi connectivity index (χ4v) is 2.51. The molecular weight excluding hydrogens is 208 g/mol. The van der Waals surface area contributed by atoms with E-state index in [-0.39, 0.29) is 11.9 Å². The summed E-state index contributed by atoms with van der Waals surface area (Å²) in [5.74, 6) is 2.93. The first-order chi connectivity index (χ1) is 7.20. The zero-order valence-electron chi connectivity index (χ0n) is 9.71. The Morgan fingerprint density at radius 1 is 1.60 bits per heavy atom. The van der Waals surface area contributed by atoms with Crippen molar-refractivity contribution in [1.29, 1.82) is 0 Å². The Balaban J connectivity index is 2.07. The van der Waals surface area contributed by atoms with Crippen LogP contribution in [0.5, 0.6) is 0 Å². The van der Waals surface area contributed by atoms with E-state index in [2.05, 4.69) is 24.5 Å². The molecule has 1 atom stereocenters. The van der Waals surface area contributed by atoms with Gasteiger partial charge in [-0.3, -0.25) is 4.79 Å². The van der Waals surface area contributed by atoms with Crippen molar-refractivity contribution >= 4 is 17.7 Å². The smallest absolute Gasteiger partial charge is 0.237 e. The first kappa shape index (κ1) is 12.8. The van der Waals surface area contributed by atoms with Gasteiger partial charge in [-0.2, -0.15) is 11.8 Å². The Morgan fingerprint density at radius 3 is 3.00 bits per heavy atom. The van der Waals surface area contributed by atoms with Crippen molar-refractivity contribution < 1.29 is 4.79 Å². The molecule has 0 saturated carbocycles. The maximum Gasteiger partial charge on any atom is 0.237 e. The van der Waals surface area contributed by atoms with Crippen LogP contribution in [0.25, 0.3) is 0 Å².